The Balaban J connectivity index is 2.22. The van der Waals surface area contributed by atoms with E-state index in [1.54, 1.807) is 0 Å². The van der Waals surface area contributed by atoms with Crippen LogP contribution in [-0.2, 0) is 5.41 Å². The topological polar surface area (TPSA) is 0 Å². The molecule has 1 aliphatic carbocycles. The molecule has 0 bridgehead atoms. The summed E-state index contributed by atoms with van der Waals surface area (Å²) in [5.74, 6) is 0.249. The lowest BCUT2D eigenvalue weighted by Crippen LogP contribution is -2.31. The number of hydrogen-bond donors (Lipinski definition) is 3. The lowest BCUT2D eigenvalue weighted by Gasteiger charge is -2.36. The van der Waals surface area contributed by atoms with Crippen molar-refractivity contribution >= 4 is 37.9 Å². The normalized spacial score (nSPS) is 19.8. The van der Waals surface area contributed by atoms with E-state index in [0.29, 0.717) is 0 Å². The molecule has 22 heavy (non-hydrogen) atoms. The van der Waals surface area contributed by atoms with E-state index < -0.39 is 0 Å². The second-order valence-corrected chi connectivity index (χ2v) is 7.26. The van der Waals surface area contributed by atoms with Gasteiger partial charge in [0, 0.05) is 26.0 Å². The Morgan fingerprint density at radius 1 is 0.955 bits per heavy atom. The Bertz CT molecular complexity index is 747. The Morgan fingerprint density at radius 3 is 2.27 bits per heavy atom. The molecular weight excluding hydrogens is 324 g/mol. The predicted octanol–water partition coefficient (Wildman–Crippen LogP) is 5.57. The largest absolute Gasteiger partial charge is 0.144 e. The molecule has 0 N–H and O–H groups in total. The number of benzene rings is 2. The van der Waals surface area contributed by atoms with Gasteiger partial charge in [0.1, 0.15) is 0 Å². The van der Waals surface area contributed by atoms with Crippen molar-refractivity contribution in [2.45, 2.75) is 22.1 Å². The Morgan fingerprint density at radius 2 is 1.68 bits per heavy atom. The summed E-state index contributed by atoms with van der Waals surface area (Å²) < 4.78 is 0. The van der Waals surface area contributed by atoms with Crippen LogP contribution in [0.25, 0.3) is 0 Å². The minimum Gasteiger partial charge on any atom is -0.144 e. The molecule has 0 amide bonds. The lowest BCUT2D eigenvalue weighted by molar-refractivity contribution is 0.479. The van der Waals surface area contributed by atoms with Crippen LogP contribution < -0.4 is 0 Å². The van der Waals surface area contributed by atoms with Crippen LogP contribution in [0.15, 0.2) is 81.5 Å². The Labute approximate surface area is 148 Å². The molecule has 0 saturated carbocycles. The number of thiol groups is 3. The molecule has 0 radical (unpaired) electrons. The van der Waals surface area contributed by atoms with Crippen LogP contribution in [0.5, 0.6) is 0 Å². The Hall–Kier alpha value is -1.03. The van der Waals surface area contributed by atoms with Gasteiger partial charge < -0.3 is 0 Å². The smallest absolute Gasteiger partial charge is 0.0283 e. The molecule has 1 aliphatic rings. The molecular formula is C19H18S3. The van der Waals surface area contributed by atoms with E-state index in [1.165, 1.54) is 11.1 Å². The van der Waals surface area contributed by atoms with Crippen molar-refractivity contribution in [3.05, 3.63) is 82.8 Å². The standard InChI is InChI=1S/C19H18S3/c1-19(13-5-3-2-4-6-13,14-7-8-15(20)11-14)17-10-9-16(21)12-18(17)22/h2-12,14,20-22H,1H3. The van der Waals surface area contributed by atoms with E-state index >= 15 is 0 Å². The van der Waals surface area contributed by atoms with E-state index in [9.17, 15) is 0 Å². The maximum absolute atomic E-state index is 4.71. The molecule has 3 rings (SSSR count). The van der Waals surface area contributed by atoms with Gasteiger partial charge in [-0.15, -0.1) is 37.9 Å². The third kappa shape index (κ3) is 2.78. The zero-order chi connectivity index (χ0) is 15.7. The van der Waals surface area contributed by atoms with Gasteiger partial charge in [-0.3, -0.25) is 0 Å². The van der Waals surface area contributed by atoms with Crippen molar-refractivity contribution in [1.82, 2.24) is 0 Å². The molecule has 0 aromatic heterocycles. The van der Waals surface area contributed by atoms with Crippen LogP contribution in [0.1, 0.15) is 18.1 Å². The molecule has 0 heterocycles. The average Bonchev–Trinajstić information content (AvgIpc) is 2.94. The lowest BCUT2D eigenvalue weighted by atomic mass is 9.67. The van der Waals surface area contributed by atoms with Gasteiger partial charge in [0.05, 0.1) is 0 Å². The Kier molecular flexibility index (Phi) is 4.49. The average molecular weight is 343 g/mol. The SMILES string of the molecule is CC(c1ccccc1)(c1ccc(S)cc1S)C1C=CC(S)=C1. The first-order valence-electron chi connectivity index (χ1n) is 7.19. The zero-order valence-corrected chi connectivity index (χ0v) is 15.0. The number of rotatable bonds is 3. The minimum absolute atomic E-state index is 0.194. The monoisotopic (exact) mass is 342 g/mol. The van der Waals surface area contributed by atoms with Crippen molar-refractivity contribution < 1.29 is 0 Å². The maximum Gasteiger partial charge on any atom is 0.0283 e. The first-order chi connectivity index (χ1) is 10.5. The highest BCUT2D eigenvalue weighted by atomic mass is 32.1. The summed E-state index contributed by atoms with van der Waals surface area (Å²) in [6.45, 7) is 2.27. The summed E-state index contributed by atoms with van der Waals surface area (Å²) in [6, 6.07) is 16.8. The van der Waals surface area contributed by atoms with E-state index in [4.69, 9.17) is 12.6 Å². The van der Waals surface area contributed by atoms with Gasteiger partial charge in [-0.05, 0) is 23.3 Å². The summed E-state index contributed by atoms with van der Waals surface area (Å²) in [4.78, 5) is 2.91. The molecule has 2 atom stereocenters. The molecule has 3 heteroatoms. The molecule has 112 valence electrons. The van der Waals surface area contributed by atoms with Crippen molar-refractivity contribution in [3.8, 4) is 0 Å². The summed E-state index contributed by atoms with van der Waals surface area (Å²) >= 11 is 13.6. The second-order valence-electron chi connectivity index (χ2n) is 5.75. The summed E-state index contributed by atoms with van der Waals surface area (Å²) in [6.07, 6.45) is 6.50. The molecule has 0 nitrogen and oxygen atoms in total. The van der Waals surface area contributed by atoms with Gasteiger partial charge in [-0.2, -0.15) is 0 Å². The van der Waals surface area contributed by atoms with Crippen LogP contribution in [0.4, 0.5) is 0 Å². The highest BCUT2D eigenvalue weighted by Crippen LogP contribution is 2.45. The molecule has 2 unspecified atom stereocenters. The van der Waals surface area contributed by atoms with Crippen molar-refractivity contribution in [3.63, 3.8) is 0 Å². The van der Waals surface area contributed by atoms with E-state index in [2.05, 4.69) is 80.7 Å². The van der Waals surface area contributed by atoms with Crippen molar-refractivity contribution in [2.75, 3.05) is 0 Å². The van der Waals surface area contributed by atoms with Gasteiger partial charge >= 0.3 is 0 Å². The van der Waals surface area contributed by atoms with Crippen molar-refractivity contribution in [1.29, 1.82) is 0 Å². The molecule has 0 aliphatic heterocycles. The third-order valence-corrected chi connectivity index (χ3v) is 5.35. The van der Waals surface area contributed by atoms with Crippen LogP contribution in [0, 0.1) is 5.92 Å². The van der Waals surface area contributed by atoms with E-state index in [1.807, 2.05) is 18.2 Å². The van der Waals surface area contributed by atoms with E-state index in [0.717, 1.165) is 14.7 Å². The molecule has 0 fully saturated rings. The van der Waals surface area contributed by atoms with Gasteiger partial charge in [-0.1, -0.05) is 61.5 Å². The van der Waals surface area contributed by atoms with Crippen LogP contribution in [0.3, 0.4) is 0 Å². The van der Waals surface area contributed by atoms with Crippen LogP contribution in [0.2, 0.25) is 0 Å². The molecule has 0 saturated heterocycles. The highest BCUT2D eigenvalue weighted by molar-refractivity contribution is 7.84. The van der Waals surface area contributed by atoms with Gasteiger partial charge in [0.25, 0.3) is 0 Å². The van der Waals surface area contributed by atoms with Gasteiger partial charge in [0.15, 0.2) is 0 Å². The molecule has 2 aromatic carbocycles. The number of hydrogen-bond acceptors (Lipinski definition) is 3. The fourth-order valence-corrected chi connectivity index (χ4v) is 4.13. The van der Waals surface area contributed by atoms with Crippen LogP contribution >= 0.6 is 37.9 Å². The number of allylic oxidation sites excluding steroid dienone is 3. The second kappa shape index (κ2) is 6.23. The highest BCUT2D eigenvalue weighted by Gasteiger charge is 2.37. The first kappa shape index (κ1) is 15.9. The fourth-order valence-electron chi connectivity index (χ4n) is 3.13. The minimum atomic E-state index is -0.194. The van der Waals surface area contributed by atoms with Crippen LogP contribution in [-0.4, -0.2) is 0 Å². The van der Waals surface area contributed by atoms with E-state index in [-0.39, 0.29) is 11.3 Å². The third-order valence-electron chi connectivity index (χ3n) is 4.41. The molecule has 0 spiro atoms. The fraction of sp³-hybridized carbons (Fsp3) is 0.158. The summed E-state index contributed by atoms with van der Waals surface area (Å²) in [5.41, 5.74) is 2.28. The molecule has 2 aromatic rings. The quantitative estimate of drug-likeness (QED) is 0.597. The maximum atomic E-state index is 4.71. The van der Waals surface area contributed by atoms with Crippen molar-refractivity contribution in [2.24, 2.45) is 5.92 Å². The zero-order valence-electron chi connectivity index (χ0n) is 12.3. The first-order valence-corrected chi connectivity index (χ1v) is 8.53. The summed E-state index contributed by atoms with van der Waals surface area (Å²) in [5, 5.41) is 0. The van der Waals surface area contributed by atoms with Gasteiger partial charge in [-0.25, -0.2) is 0 Å². The summed E-state index contributed by atoms with van der Waals surface area (Å²) in [7, 11) is 0. The van der Waals surface area contributed by atoms with Gasteiger partial charge in [0.2, 0.25) is 0 Å². The predicted molar refractivity (Wildman–Crippen MR) is 104 cm³/mol.